The van der Waals surface area contributed by atoms with Gasteiger partial charge < -0.3 is 11.1 Å². The lowest BCUT2D eigenvalue weighted by molar-refractivity contribution is -0.126. The summed E-state index contributed by atoms with van der Waals surface area (Å²) in [4.78, 5) is 11.7. The van der Waals surface area contributed by atoms with E-state index in [2.05, 4.69) is 5.32 Å². The van der Waals surface area contributed by atoms with E-state index >= 15 is 0 Å². The van der Waals surface area contributed by atoms with Crippen molar-refractivity contribution in [3.05, 3.63) is 0 Å². The summed E-state index contributed by atoms with van der Waals surface area (Å²) in [6.07, 6.45) is 3.63. The number of carbonyl (C=O) groups excluding carboxylic acids is 1. The van der Waals surface area contributed by atoms with Crippen LogP contribution in [0.1, 0.15) is 26.2 Å². The topological polar surface area (TPSA) is 55.1 Å². The summed E-state index contributed by atoms with van der Waals surface area (Å²) in [5.74, 6) is 1.49. The molecule has 0 aromatic rings. The molecule has 1 amide bonds. The second-order valence-corrected chi connectivity index (χ2v) is 4.33. The molecule has 0 aromatic heterocycles. The highest BCUT2D eigenvalue weighted by atomic mass is 16.1. The normalized spacial score (nSPS) is 42.3. The maximum absolute atomic E-state index is 11.7. The van der Waals surface area contributed by atoms with Crippen LogP contribution in [0.2, 0.25) is 0 Å². The Labute approximate surface area is 79.1 Å². The Bertz CT molecular complexity index is 215. The third-order valence-corrected chi connectivity index (χ3v) is 3.63. The molecule has 2 rings (SSSR count). The number of amides is 1. The van der Waals surface area contributed by atoms with Crippen LogP contribution in [-0.2, 0) is 4.79 Å². The van der Waals surface area contributed by atoms with E-state index in [1.165, 1.54) is 19.3 Å². The lowest BCUT2D eigenvalue weighted by atomic mass is 9.84. The Morgan fingerprint density at radius 1 is 1.46 bits per heavy atom. The van der Waals surface area contributed by atoms with Crippen LogP contribution in [0.3, 0.4) is 0 Å². The molecule has 3 N–H and O–H groups in total. The van der Waals surface area contributed by atoms with Crippen LogP contribution in [-0.4, -0.2) is 18.5 Å². The minimum Gasteiger partial charge on any atom is -0.356 e. The summed E-state index contributed by atoms with van der Waals surface area (Å²) in [5, 5.41) is 2.88. The molecule has 3 heteroatoms. The van der Waals surface area contributed by atoms with E-state index in [1.807, 2.05) is 6.92 Å². The van der Waals surface area contributed by atoms with Gasteiger partial charge in [-0.2, -0.15) is 0 Å². The number of fused-ring (bicyclic) bond motifs is 2. The maximum atomic E-state index is 11.7. The van der Waals surface area contributed by atoms with Crippen molar-refractivity contribution >= 4 is 5.91 Å². The predicted octanol–water partition coefficient (Wildman–Crippen LogP) is 0.496. The van der Waals surface area contributed by atoms with Gasteiger partial charge in [-0.25, -0.2) is 0 Å². The molecule has 2 bridgehead atoms. The summed E-state index contributed by atoms with van der Waals surface area (Å²) < 4.78 is 0. The molecular formula is C10H18N2O. The van der Waals surface area contributed by atoms with E-state index in [0.717, 1.165) is 6.54 Å². The van der Waals surface area contributed by atoms with Gasteiger partial charge in [0.25, 0.3) is 0 Å². The molecule has 0 spiro atoms. The first-order valence-electron chi connectivity index (χ1n) is 5.27. The Morgan fingerprint density at radius 3 is 2.69 bits per heavy atom. The standard InChI is InChI=1S/C10H18N2O/c1-2-12-10(13)8-6-3-4-7(5-6)9(8)11/h6-9H,2-5,11H2,1H3,(H,12,13)/t6?,7?,8-,9+/m1/s1. The second-order valence-electron chi connectivity index (χ2n) is 4.33. The molecule has 0 aliphatic heterocycles. The van der Waals surface area contributed by atoms with Crippen LogP contribution in [0.15, 0.2) is 0 Å². The Hall–Kier alpha value is -0.570. The van der Waals surface area contributed by atoms with Gasteiger partial charge in [0.15, 0.2) is 0 Å². The highest BCUT2D eigenvalue weighted by Crippen LogP contribution is 2.47. The maximum Gasteiger partial charge on any atom is 0.224 e. The fraction of sp³-hybridized carbons (Fsp3) is 0.900. The summed E-state index contributed by atoms with van der Waals surface area (Å²) in [6, 6.07) is 0.130. The number of hydrogen-bond acceptors (Lipinski definition) is 2. The van der Waals surface area contributed by atoms with Crippen LogP contribution in [0.5, 0.6) is 0 Å². The number of rotatable bonds is 2. The van der Waals surface area contributed by atoms with Crippen molar-refractivity contribution in [3.63, 3.8) is 0 Å². The predicted molar refractivity (Wildman–Crippen MR) is 51.0 cm³/mol. The van der Waals surface area contributed by atoms with Gasteiger partial charge in [-0.15, -0.1) is 0 Å². The first kappa shape index (κ1) is 9.00. The number of carbonyl (C=O) groups is 1. The van der Waals surface area contributed by atoms with Crippen LogP contribution in [0.4, 0.5) is 0 Å². The van der Waals surface area contributed by atoms with Crippen LogP contribution < -0.4 is 11.1 Å². The molecule has 2 aliphatic rings. The molecule has 3 nitrogen and oxygen atoms in total. The largest absolute Gasteiger partial charge is 0.356 e. The van der Waals surface area contributed by atoms with Crippen LogP contribution in [0.25, 0.3) is 0 Å². The van der Waals surface area contributed by atoms with Crippen LogP contribution >= 0.6 is 0 Å². The van der Waals surface area contributed by atoms with Crippen molar-refractivity contribution in [2.45, 2.75) is 32.2 Å². The highest BCUT2D eigenvalue weighted by Gasteiger charge is 2.48. The van der Waals surface area contributed by atoms with Crippen molar-refractivity contribution in [1.82, 2.24) is 5.32 Å². The number of hydrogen-bond donors (Lipinski definition) is 2. The lowest BCUT2D eigenvalue weighted by Crippen LogP contribution is -2.45. The zero-order chi connectivity index (χ0) is 9.42. The van der Waals surface area contributed by atoms with Gasteiger partial charge in [-0.3, -0.25) is 4.79 Å². The quantitative estimate of drug-likeness (QED) is 0.653. The summed E-state index contributed by atoms with van der Waals surface area (Å²) in [6.45, 7) is 2.68. The number of nitrogens with two attached hydrogens (primary N) is 1. The van der Waals surface area contributed by atoms with Crippen molar-refractivity contribution in [2.24, 2.45) is 23.5 Å². The summed E-state index contributed by atoms with van der Waals surface area (Å²) >= 11 is 0. The molecule has 0 saturated heterocycles. The summed E-state index contributed by atoms with van der Waals surface area (Å²) in [5.41, 5.74) is 6.03. The van der Waals surface area contributed by atoms with Gasteiger partial charge in [0, 0.05) is 12.6 Å². The Kier molecular flexibility index (Phi) is 2.28. The van der Waals surface area contributed by atoms with Crippen molar-refractivity contribution in [1.29, 1.82) is 0 Å². The zero-order valence-electron chi connectivity index (χ0n) is 8.12. The lowest BCUT2D eigenvalue weighted by Gasteiger charge is -2.26. The molecular weight excluding hydrogens is 164 g/mol. The average Bonchev–Trinajstić information content (AvgIpc) is 2.63. The second kappa shape index (κ2) is 3.29. The van der Waals surface area contributed by atoms with Gasteiger partial charge in [0.2, 0.25) is 5.91 Å². The Balaban J connectivity index is 2.03. The number of nitrogens with one attached hydrogen (secondary N) is 1. The van der Waals surface area contributed by atoms with Crippen molar-refractivity contribution in [2.75, 3.05) is 6.54 Å². The SMILES string of the molecule is CCNC(=O)[C@@H]1C2CCC(C2)[C@@H]1N. The van der Waals surface area contributed by atoms with E-state index < -0.39 is 0 Å². The first-order valence-corrected chi connectivity index (χ1v) is 5.27. The molecule has 2 aliphatic carbocycles. The first-order chi connectivity index (χ1) is 6.24. The molecule has 2 unspecified atom stereocenters. The molecule has 13 heavy (non-hydrogen) atoms. The van der Waals surface area contributed by atoms with Gasteiger partial charge in [0.05, 0.1) is 5.92 Å². The minimum absolute atomic E-state index is 0.110. The van der Waals surface area contributed by atoms with Crippen molar-refractivity contribution < 1.29 is 4.79 Å². The monoisotopic (exact) mass is 182 g/mol. The van der Waals surface area contributed by atoms with Gasteiger partial charge in [-0.1, -0.05) is 0 Å². The highest BCUT2D eigenvalue weighted by molar-refractivity contribution is 5.80. The molecule has 4 atom stereocenters. The molecule has 2 fully saturated rings. The van der Waals surface area contributed by atoms with Gasteiger partial charge >= 0.3 is 0 Å². The zero-order valence-corrected chi connectivity index (χ0v) is 8.12. The molecule has 74 valence electrons. The smallest absolute Gasteiger partial charge is 0.224 e. The third kappa shape index (κ3) is 1.35. The summed E-state index contributed by atoms with van der Waals surface area (Å²) in [7, 11) is 0. The minimum atomic E-state index is 0.110. The van der Waals surface area contributed by atoms with E-state index in [9.17, 15) is 4.79 Å². The van der Waals surface area contributed by atoms with Crippen molar-refractivity contribution in [3.8, 4) is 0 Å². The van der Waals surface area contributed by atoms with E-state index in [-0.39, 0.29) is 17.9 Å². The molecule has 0 radical (unpaired) electrons. The molecule has 0 aromatic carbocycles. The third-order valence-electron chi connectivity index (χ3n) is 3.63. The van der Waals surface area contributed by atoms with Crippen LogP contribution in [0, 0.1) is 17.8 Å². The van der Waals surface area contributed by atoms with E-state index in [4.69, 9.17) is 5.73 Å². The fourth-order valence-electron chi connectivity index (χ4n) is 3.02. The van der Waals surface area contributed by atoms with Gasteiger partial charge in [0.1, 0.15) is 0 Å². The average molecular weight is 182 g/mol. The van der Waals surface area contributed by atoms with Gasteiger partial charge in [-0.05, 0) is 38.0 Å². The Morgan fingerprint density at radius 2 is 2.15 bits per heavy atom. The molecule has 2 saturated carbocycles. The molecule has 0 heterocycles. The van der Waals surface area contributed by atoms with E-state index in [1.54, 1.807) is 0 Å². The fourth-order valence-corrected chi connectivity index (χ4v) is 3.02. The van der Waals surface area contributed by atoms with E-state index in [0.29, 0.717) is 11.8 Å².